The molecule has 1 aliphatic rings. The van der Waals surface area contributed by atoms with Gasteiger partial charge in [0.15, 0.2) is 0 Å². The number of carboxylic acid groups (broad SMARTS) is 1. The van der Waals surface area contributed by atoms with Crippen molar-refractivity contribution in [2.24, 2.45) is 0 Å². The predicted octanol–water partition coefficient (Wildman–Crippen LogP) is 0.415. The fourth-order valence-electron chi connectivity index (χ4n) is 1.67. The highest BCUT2D eigenvalue weighted by Crippen LogP contribution is 2.22. The molecule has 0 atom stereocenters. The van der Waals surface area contributed by atoms with E-state index in [1.165, 1.54) is 0 Å². The van der Waals surface area contributed by atoms with Gasteiger partial charge in [-0.05, 0) is 12.1 Å². The zero-order valence-corrected chi connectivity index (χ0v) is 8.85. The Morgan fingerprint density at radius 1 is 1.56 bits per heavy atom. The Balaban J connectivity index is 1.90. The Bertz CT molecular complexity index is 363. The van der Waals surface area contributed by atoms with Crippen molar-refractivity contribution >= 4 is 5.97 Å². The van der Waals surface area contributed by atoms with E-state index >= 15 is 0 Å². The number of hydrogen-bond acceptors (Lipinski definition) is 4. The van der Waals surface area contributed by atoms with Crippen molar-refractivity contribution in [2.75, 3.05) is 13.1 Å². The monoisotopic (exact) mass is 222 g/mol. The van der Waals surface area contributed by atoms with Crippen LogP contribution in [0.25, 0.3) is 0 Å². The van der Waals surface area contributed by atoms with E-state index in [-0.39, 0.29) is 6.42 Å². The lowest BCUT2D eigenvalue weighted by Gasteiger charge is -2.41. The summed E-state index contributed by atoms with van der Waals surface area (Å²) in [5.74, 6) is -0.831. The van der Waals surface area contributed by atoms with E-state index in [0.717, 1.165) is 5.69 Å². The molecule has 5 nitrogen and oxygen atoms in total. The van der Waals surface area contributed by atoms with Crippen LogP contribution in [0.3, 0.4) is 0 Å². The SMILES string of the molecule is O=C(O)CC1(OCc2ccccn2)CNC1. The average Bonchev–Trinajstić information content (AvgIpc) is 2.23. The molecule has 0 amide bonds. The van der Waals surface area contributed by atoms with Gasteiger partial charge in [0.2, 0.25) is 0 Å². The standard InChI is InChI=1S/C11H14N2O3/c14-10(15)5-11(7-12-8-11)16-6-9-3-1-2-4-13-9/h1-4,12H,5-8H2,(H,14,15). The number of ether oxygens (including phenoxy) is 1. The zero-order chi connectivity index (χ0) is 11.4. The van der Waals surface area contributed by atoms with Gasteiger partial charge in [-0.25, -0.2) is 0 Å². The summed E-state index contributed by atoms with van der Waals surface area (Å²) in [6.45, 7) is 1.54. The number of nitrogens with one attached hydrogen (secondary N) is 1. The van der Waals surface area contributed by atoms with Gasteiger partial charge in [0.1, 0.15) is 5.60 Å². The van der Waals surface area contributed by atoms with E-state index in [0.29, 0.717) is 19.7 Å². The van der Waals surface area contributed by atoms with Crippen LogP contribution in [-0.2, 0) is 16.1 Å². The predicted molar refractivity (Wildman–Crippen MR) is 56.9 cm³/mol. The molecule has 0 aromatic carbocycles. The first-order valence-corrected chi connectivity index (χ1v) is 5.17. The molecule has 86 valence electrons. The van der Waals surface area contributed by atoms with E-state index in [1.54, 1.807) is 6.20 Å². The van der Waals surface area contributed by atoms with E-state index in [1.807, 2.05) is 18.2 Å². The molecule has 1 aromatic heterocycles. The molecular weight excluding hydrogens is 208 g/mol. The molecule has 0 radical (unpaired) electrons. The molecule has 5 heteroatoms. The molecule has 1 saturated heterocycles. The highest BCUT2D eigenvalue weighted by molar-refractivity contribution is 5.68. The van der Waals surface area contributed by atoms with Gasteiger partial charge in [-0.15, -0.1) is 0 Å². The molecule has 1 aromatic rings. The second kappa shape index (κ2) is 4.59. The summed E-state index contributed by atoms with van der Waals surface area (Å²) in [5, 5.41) is 11.8. The Morgan fingerprint density at radius 2 is 2.38 bits per heavy atom. The normalized spacial score (nSPS) is 17.8. The molecule has 2 rings (SSSR count). The van der Waals surface area contributed by atoms with Gasteiger partial charge in [0, 0.05) is 19.3 Å². The Morgan fingerprint density at radius 3 is 2.88 bits per heavy atom. The number of rotatable bonds is 5. The first kappa shape index (κ1) is 11.0. The van der Waals surface area contributed by atoms with Gasteiger partial charge in [-0.2, -0.15) is 0 Å². The lowest BCUT2D eigenvalue weighted by molar-refractivity contribution is -0.152. The molecule has 1 fully saturated rings. The number of hydrogen-bond donors (Lipinski definition) is 2. The molecule has 1 aliphatic heterocycles. The van der Waals surface area contributed by atoms with E-state index in [2.05, 4.69) is 10.3 Å². The minimum atomic E-state index is -0.831. The van der Waals surface area contributed by atoms with Crippen LogP contribution < -0.4 is 5.32 Å². The fraction of sp³-hybridized carbons (Fsp3) is 0.455. The van der Waals surface area contributed by atoms with Gasteiger partial charge in [-0.1, -0.05) is 6.07 Å². The third kappa shape index (κ3) is 2.56. The van der Waals surface area contributed by atoms with Crippen LogP contribution in [0.5, 0.6) is 0 Å². The second-order valence-electron chi connectivity index (χ2n) is 3.97. The number of aromatic nitrogens is 1. The van der Waals surface area contributed by atoms with Gasteiger partial charge < -0.3 is 15.2 Å². The van der Waals surface area contributed by atoms with Crippen molar-refractivity contribution in [3.63, 3.8) is 0 Å². The van der Waals surface area contributed by atoms with E-state index in [9.17, 15) is 4.79 Å². The number of carbonyl (C=O) groups is 1. The molecule has 2 N–H and O–H groups in total. The van der Waals surface area contributed by atoms with Crippen LogP contribution in [0.2, 0.25) is 0 Å². The quantitative estimate of drug-likeness (QED) is 0.755. The summed E-state index contributed by atoms with van der Waals surface area (Å²) in [4.78, 5) is 14.8. The maximum absolute atomic E-state index is 10.7. The summed E-state index contributed by atoms with van der Waals surface area (Å²) in [5.41, 5.74) is 0.266. The Labute approximate surface area is 93.5 Å². The van der Waals surface area contributed by atoms with Crippen LogP contribution in [0.1, 0.15) is 12.1 Å². The maximum Gasteiger partial charge on any atom is 0.306 e. The van der Waals surface area contributed by atoms with Crippen molar-refractivity contribution in [3.05, 3.63) is 30.1 Å². The number of carboxylic acids is 1. The van der Waals surface area contributed by atoms with Crippen molar-refractivity contribution in [1.82, 2.24) is 10.3 Å². The molecular formula is C11H14N2O3. The molecule has 0 aliphatic carbocycles. The van der Waals surface area contributed by atoms with Crippen molar-refractivity contribution in [3.8, 4) is 0 Å². The lowest BCUT2D eigenvalue weighted by atomic mass is 9.93. The average molecular weight is 222 g/mol. The second-order valence-corrected chi connectivity index (χ2v) is 3.97. The van der Waals surface area contributed by atoms with E-state index < -0.39 is 11.6 Å². The topological polar surface area (TPSA) is 71.5 Å². The molecule has 16 heavy (non-hydrogen) atoms. The van der Waals surface area contributed by atoms with Crippen LogP contribution in [-0.4, -0.2) is 34.8 Å². The van der Waals surface area contributed by atoms with Crippen LogP contribution >= 0.6 is 0 Å². The van der Waals surface area contributed by atoms with Crippen molar-refractivity contribution in [1.29, 1.82) is 0 Å². The van der Waals surface area contributed by atoms with Crippen LogP contribution in [0.15, 0.2) is 24.4 Å². The lowest BCUT2D eigenvalue weighted by Crippen LogP contribution is -2.61. The Kier molecular flexibility index (Phi) is 3.17. The van der Waals surface area contributed by atoms with Gasteiger partial charge in [0.25, 0.3) is 0 Å². The first-order chi connectivity index (χ1) is 7.70. The molecule has 2 heterocycles. The van der Waals surface area contributed by atoms with Crippen LogP contribution in [0, 0.1) is 0 Å². The molecule has 0 saturated carbocycles. The largest absolute Gasteiger partial charge is 0.481 e. The summed E-state index contributed by atoms with van der Waals surface area (Å²) >= 11 is 0. The number of pyridine rings is 1. The van der Waals surface area contributed by atoms with Crippen molar-refractivity contribution in [2.45, 2.75) is 18.6 Å². The first-order valence-electron chi connectivity index (χ1n) is 5.17. The van der Waals surface area contributed by atoms with Gasteiger partial charge >= 0.3 is 5.97 Å². The van der Waals surface area contributed by atoms with Crippen molar-refractivity contribution < 1.29 is 14.6 Å². The highest BCUT2D eigenvalue weighted by Gasteiger charge is 2.40. The zero-order valence-electron chi connectivity index (χ0n) is 8.85. The van der Waals surface area contributed by atoms with Gasteiger partial charge in [0.05, 0.1) is 18.7 Å². The highest BCUT2D eigenvalue weighted by atomic mass is 16.5. The fourth-order valence-corrected chi connectivity index (χ4v) is 1.67. The Hall–Kier alpha value is -1.46. The third-order valence-electron chi connectivity index (χ3n) is 2.62. The molecule has 0 spiro atoms. The number of nitrogens with zero attached hydrogens (tertiary/aromatic N) is 1. The minimum absolute atomic E-state index is 0.0346. The minimum Gasteiger partial charge on any atom is -0.481 e. The van der Waals surface area contributed by atoms with Gasteiger partial charge in [-0.3, -0.25) is 9.78 Å². The number of aliphatic carboxylic acids is 1. The smallest absolute Gasteiger partial charge is 0.306 e. The summed E-state index contributed by atoms with van der Waals surface area (Å²) in [6.07, 6.45) is 1.73. The third-order valence-corrected chi connectivity index (χ3v) is 2.62. The maximum atomic E-state index is 10.7. The van der Waals surface area contributed by atoms with E-state index in [4.69, 9.17) is 9.84 Å². The summed E-state index contributed by atoms with van der Waals surface area (Å²) < 4.78 is 5.66. The summed E-state index contributed by atoms with van der Waals surface area (Å²) in [7, 11) is 0. The summed E-state index contributed by atoms with van der Waals surface area (Å²) in [6, 6.07) is 5.58. The molecule has 0 bridgehead atoms. The van der Waals surface area contributed by atoms with Crippen LogP contribution in [0.4, 0.5) is 0 Å². The molecule has 0 unspecified atom stereocenters.